The Morgan fingerprint density at radius 3 is 2.39 bits per heavy atom. The summed E-state index contributed by atoms with van der Waals surface area (Å²) in [6.45, 7) is -0.352. The summed E-state index contributed by atoms with van der Waals surface area (Å²) in [5.74, 6) is 0. The summed E-state index contributed by atoms with van der Waals surface area (Å²) in [5, 5.41) is 10.7. The highest BCUT2D eigenvalue weighted by atomic mass is 19.4. The number of hydrogen-bond donors (Lipinski definition) is 2. The van der Waals surface area contributed by atoms with E-state index in [0.29, 0.717) is 5.56 Å². The number of alkyl halides is 3. The normalized spacial score (nSPS) is 11.1. The molecule has 7 heteroatoms. The number of aliphatic hydroxyl groups excluding tert-OH is 1. The van der Waals surface area contributed by atoms with Gasteiger partial charge in [-0.1, -0.05) is 12.1 Å². The molecule has 0 bridgehead atoms. The molecule has 0 fully saturated rings. The number of halogens is 3. The molecule has 0 heterocycles. The van der Waals surface area contributed by atoms with Crippen molar-refractivity contribution in [3.05, 3.63) is 35.4 Å². The average Bonchev–Trinajstić information content (AvgIpc) is 2.33. The standard InChI is InChI=1S/C11H12F3NO3/c12-11(13,14)9-3-1-8(2-4-9)7-15-10(17)18-6-5-16/h1-4,16H,5-7H2,(H,15,17). The maximum Gasteiger partial charge on any atom is 0.416 e. The lowest BCUT2D eigenvalue weighted by molar-refractivity contribution is -0.137. The monoisotopic (exact) mass is 263 g/mol. The van der Waals surface area contributed by atoms with Crippen LogP contribution in [0.4, 0.5) is 18.0 Å². The molecule has 100 valence electrons. The van der Waals surface area contributed by atoms with Gasteiger partial charge in [0, 0.05) is 6.54 Å². The SMILES string of the molecule is O=C(NCc1ccc(C(F)(F)F)cc1)OCCO. The van der Waals surface area contributed by atoms with Crippen LogP contribution in [0.15, 0.2) is 24.3 Å². The van der Waals surface area contributed by atoms with Crippen LogP contribution >= 0.6 is 0 Å². The minimum Gasteiger partial charge on any atom is -0.447 e. The molecule has 18 heavy (non-hydrogen) atoms. The van der Waals surface area contributed by atoms with Crippen LogP contribution in [0, 0.1) is 0 Å². The topological polar surface area (TPSA) is 58.6 Å². The molecule has 0 aliphatic rings. The molecule has 2 N–H and O–H groups in total. The summed E-state index contributed by atoms with van der Waals surface area (Å²) in [7, 11) is 0. The van der Waals surface area contributed by atoms with Gasteiger partial charge in [0.1, 0.15) is 6.61 Å². The van der Waals surface area contributed by atoms with Crippen LogP contribution in [0.1, 0.15) is 11.1 Å². The van der Waals surface area contributed by atoms with Gasteiger partial charge in [-0.3, -0.25) is 0 Å². The lowest BCUT2D eigenvalue weighted by atomic mass is 10.1. The second-order valence-corrected chi connectivity index (χ2v) is 3.41. The molecule has 1 aromatic rings. The van der Waals surface area contributed by atoms with E-state index in [1.54, 1.807) is 0 Å². The average molecular weight is 263 g/mol. The first-order chi connectivity index (χ1) is 8.43. The van der Waals surface area contributed by atoms with Crippen LogP contribution in [0.2, 0.25) is 0 Å². The molecule has 1 amide bonds. The first-order valence-corrected chi connectivity index (χ1v) is 5.11. The van der Waals surface area contributed by atoms with E-state index in [9.17, 15) is 18.0 Å². The second-order valence-electron chi connectivity index (χ2n) is 3.41. The van der Waals surface area contributed by atoms with Crippen molar-refractivity contribution in [2.45, 2.75) is 12.7 Å². The van der Waals surface area contributed by atoms with Gasteiger partial charge in [0.05, 0.1) is 12.2 Å². The molecule has 4 nitrogen and oxygen atoms in total. The zero-order valence-electron chi connectivity index (χ0n) is 9.33. The van der Waals surface area contributed by atoms with Crippen molar-refractivity contribution < 1.29 is 27.8 Å². The minimum atomic E-state index is -4.37. The summed E-state index contributed by atoms with van der Waals surface area (Å²) >= 11 is 0. The van der Waals surface area contributed by atoms with Crippen LogP contribution in [-0.2, 0) is 17.5 Å². The fourth-order valence-electron chi connectivity index (χ4n) is 1.18. The largest absolute Gasteiger partial charge is 0.447 e. The Balaban J connectivity index is 2.47. The first-order valence-electron chi connectivity index (χ1n) is 5.11. The number of benzene rings is 1. The second kappa shape index (κ2) is 6.25. The van der Waals surface area contributed by atoms with Crippen LogP contribution in [0.25, 0.3) is 0 Å². The Hall–Kier alpha value is -1.76. The molecule has 0 unspecified atom stereocenters. The van der Waals surface area contributed by atoms with Crippen LogP contribution in [0.5, 0.6) is 0 Å². The predicted molar refractivity (Wildman–Crippen MR) is 56.7 cm³/mol. The van der Waals surface area contributed by atoms with E-state index >= 15 is 0 Å². The quantitative estimate of drug-likeness (QED) is 0.872. The Kier molecular flexibility index (Phi) is 4.96. The van der Waals surface area contributed by atoms with Crippen molar-refractivity contribution in [1.82, 2.24) is 5.32 Å². The Morgan fingerprint density at radius 1 is 1.28 bits per heavy atom. The van der Waals surface area contributed by atoms with E-state index in [-0.39, 0.29) is 19.8 Å². The lowest BCUT2D eigenvalue weighted by Gasteiger charge is -2.08. The van der Waals surface area contributed by atoms with Gasteiger partial charge >= 0.3 is 12.3 Å². The van der Waals surface area contributed by atoms with Crippen molar-refractivity contribution in [1.29, 1.82) is 0 Å². The Labute approximate surface area is 101 Å². The van der Waals surface area contributed by atoms with Gasteiger partial charge in [0.2, 0.25) is 0 Å². The number of ether oxygens (including phenoxy) is 1. The van der Waals surface area contributed by atoms with Crippen molar-refractivity contribution in [3.8, 4) is 0 Å². The molecule has 0 atom stereocenters. The molecule has 0 radical (unpaired) electrons. The Bertz CT molecular complexity index is 390. The van der Waals surface area contributed by atoms with Gasteiger partial charge in [-0.05, 0) is 17.7 Å². The van der Waals surface area contributed by atoms with Gasteiger partial charge < -0.3 is 15.2 Å². The molecule has 0 aliphatic carbocycles. The minimum absolute atomic E-state index is 0.0579. The molecule has 0 spiro atoms. The number of aliphatic hydroxyl groups is 1. The number of rotatable bonds is 4. The van der Waals surface area contributed by atoms with Crippen molar-refractivity contribution in [2.75, 3.05) is 13.2 Å². The van der Waals surface area contributed by atoms with E-state index in [2.05, 4.69) is 10.1 Å². The number of carbonyl (C=O) groups excluding carboxylic acids is 1. The van der Waals surface area contributed by atoms with Gasteiger partial charge in [0.15, 0.2) is 0 Å². The lowest BCUT2D eigenvalue weighted by Crippen LogP contribution is -2.24. The third-order valence-electron chi connectivity index (χ3n) is 2.04. The summed E-state index contributed by atoms with van der Waals surface area (Å²) < 4.78 is 41.3. The third-order valence-corrected chi connectivity index (χ3v) is 2.04. The predicted octanol–water partition coefficient (Wildman–Crippen LogP) is 1.92. The molecule has 1 aromatic carbocycles. The maximum absolute atomic E-state index is 12.3. The molecule has 0 saturated heterocycles. The number of alkyl carbamates (subject to hydrolysis) is 1. The first kappa shape index (κ1) is 14.3. The van der Waals surface area contributed by atoms with Crippen molar-refractivity contribution in [2.24, 2.45) is 0 Å². The summed E-state index contributed by atoms with van der Waals surface area (Å²) in [6, 6.07) is 4.43. The summed E-state index contributed by atoms with van der Waals surface area (Å²) in [5.41, 5.74) is -0.224. The smallest absolute Gasteiger partial charge is 0.416 e. The molecular formula is C11H12F3NO3. The van der Waals surface area contributed by atoms with Crippen molar-refractivity contribution >= 4 is 6.09 Å². The molecule has 0 saturated carbocycles. The van der Waals surface area contributed by atoms with E-state index in [1.165, 1.54) is 12.1 Å². The third kappa shape index (κ3) is 4.62. The fourth-order valence-corrected chi connectivity index (χ4v) is 1.18. The van der Waals surface area contributed by atoms with Crippen molar-refractivity contribution in [3.63, 3.8) is 0 Å². The fraction of sp³-hybridized carbons (Fsp3) is 0.364. The summed E-state index contributed by atoms with van der Waals surface area (Å²) in [4.78, 5) is 11.0. The molecule has 0 aliphatic heterocycles. The number of hydrogen-bond acceptors (Lipinski definition) is 3. The van der Waals surface area contributed by atoms with Gasteiger partial charge in [-0.2, -0.15) is 13.2 Å². The van der Waals surface area contributed by atoms with Crippen LogP contribution in [0.3, 0.4) is 0 Å². The highest BCUT2D eigenvalue weighted by molar-refractivity contribution is 5.67. The van der Waals surface area contributed by atoms with E-state index in [0.717, 1.165) is 12.1 Å². The molecular weight excluding hydrogens is 251 g/mol. The highest BCUT2D eigenvalue weighted by Gasteiger charge is 2.29. The van der Waals surface area contributed by atoms with Gasteiger partial charge in [0.25, 0.3) is 0 Å². The van der Waals surface area contributed by atoms with E-state index < -0.39 is 17.8 Å². The number of nitrogens with one attached hydrogen (secondary N) is 1. The zero-order chi connectivity index (χ0) is 13.6. The summed E-state index contributed by atoms with van der Waals surface area (Å²) in [6.07, 6.45) is -5.10. The molecule has 1 rings (SSSR count). The van der Waals surface area contributed by atoms with Gasteiger partial charge in [-0.25, -0.2) is 4.79 Å². The Morgan fingerprint density at radius 2 is 1.89 bits per heavy atom. The highest BCUT2D eigenvalue weighted by Crippen LogP contribution is 2.28. The molecule has 0 aromatic heterocycles. The van der Waals surface area contributed by atoms with Crippen LogP contribution in [-0.4, -0.2) is 24.4 Å². The maximum atomic E-state index is 12.3. The zero-order valence-corrected chi connectivity index (χ0v) is 9.33. The number of carbonyl (C=O) groups is 1. The van der Waals surface area contributed by atoms with Crippen LogP contribution < -0.4 is 5.32 Å². The van der Waals surface area contributed by atoms with Gasteiger partial charge in [-0.15, -0.1) is 0 Å². The number of amides is 1. The van der Waals surface area contributed by atoms with E-state index in [4.69, 9.17) is 5.11 Å². The van der Waals surface area contributed by atoms with E-state index in [1.807, 2.05) is 0 Å².